The normalized spacial score (nSPS) is 16.1. The molecule has 4 rings (SSSR count). The Morgan fingerprint density at radius 3 is 2.92 bits per heavy atom. The van der Waals surface area contributed by atoms with Crippen LogP contribution in [0, 0.1) is 5.92 Å². The van der Waals surface area contributed by atoms with E-state index in [4.69, 9.17) is 9.72 Å². The van der Waals surface area contributed by atoms with Gasteiger partial charge in [0.05, 0.1) is 17.0 Å². The largest absolute Gasteiger partial charge is 0.492 e. The number of carbonyl (C=O) groups excluding carboxylic acids is 1. The van der Waals surface area contributed by atoms with Crippen molar-refractivity contribution in [3.05, 3.63) is 59.9 Å². The molecule has 2 heterocycles. The van der Waals surface area contributed by atoms with E-state index in [9.17, 15) is 4.79 Å². The van der Waals surface area contributed by atoms with Gasteiger partial charge in [-0.05, 0) is 37.1 Å². The minimum absolute atomic E-state index is 0.0543. The van der Waals surface area contributed by atoms with E-state index in [0.29, 0.717) is 13.2 Å². The minimum atomic E-state index is -0.130. The third-order valence-electron chi connectivity index (χ3n) is 4.95. The smallest absolute Gasteiger partial charge is 0.226 e. The summed E-state index contributed by atoms with van der Waals surface area (Å²) in [6, 6.07) is 16.1. The fraction of sp³-hybridized carbons (Fsp3) is 0.333. The highest BCUT2D eigenvalue weighted by Gasteiger charge is 2.25. The maximum atomic E-state index is 12.5. The Morgan fingerprint density at radius 1 is 1.23 bits per heavy atom. The van der Waals surface area contributed by atoms with Gasteiger partial charge in [-0.15, -0.1) is 0 Å². The molecule has 134 valence electrons. The standard InChI is InChI=1S/C21H23N3O2/c1-2-24-18-9-5-4-8-17(18)23-20(24)11-12-22-21(25)16-13-15-7-3-6-10-19(15)26-14-16/h3-10,16H,2,11-14H2,1H3,(H,22,25)/t16-/m0/s1. The van der Waals surface area contributed by atoms with E-state index < -0.39 is 0 Å². The summed E-state index contributed by atoms with van der Waals surface area (Å²) >= 11 is 0. The SMILES string of the molecule is CCn1c(CCNC(=O)[C@@H]2COc3ccccc3C2)nc2ccccc21. The van der Waals surface area contributed by atoms with Crippen LogP contribution in [0.15, 0.2) is 48.5 Å². The first-order chi connectivity index (χ1) is 12.8. The first kappa shape index (κ1) is 16.6. The highest BCUT2D eigenvalue weighted by Crippen LogP contribution is 2.26. The lowest BCUT2D eigenvalue weighted by atomic mass is 9.96. The van der Waals surface area contributed by atoms with Crippen molar-refractivity contribution >= 4 is 16.9 Å². The van der Waals surface area contributed by atoms with Crippen LogP contribution in [-0.4, -0.2) is 28.6 Å². The van der Waals surface area contributed by atoms with Gasteiger partial charge in [0.2, 0.25) is 5.91 Å². The highest BCUT2D eigenvalue weighted by molar-refractivity contribution is 5.79. The van der Waals surface area contributed by atoms with Crippen LogP contribution in [0.1, 0.15) is 18.3 Å². The van der Waals surface area contributed by atoms with E-state index in [1.807, 2.05) is 42.5 Å². The van der Waals surface area contributed by atoms with E-state index in [2.05, 4.69) is 22.9 Å². The summed E-state index contributed by atoms with van der Waals surface area (Å²) in [5.41, 5.74) is 3.26. The second kappa shape index (κ2) is 7.20. The summed E-state index contributed by atoms with van der Waals surface area (Å²) in [4.78, 5) is 17.2. The molecule has 5 heteroatoms. The number of carbonyl (C=O) groups is 1. The number of fused-ring (bicyclic) bond motifs is 2. The number of aromatic nitrogens is 2. The Balaban J connectivity index is 1.37. The fourth-order valence-electron chi connectivity index (χ4n) is 3.61. The molecule has 1 atom stereocenters. The van der Waals surface area contributed by atoms with E-state index in [1.54, 1.807) is 0 Å². The molecule has 2 aromatic carbocycles. The average Bonchev–Trinajstić information content (AvgIpc) is 3.04. The van der Waals surface area contributed by atoms with Crippen LogP contribution in [0.3, 0.4) is 0 Å². The Morgan fingerprint density at radius 2 is 2.04 bits per heavy atom. The number of aryl methyl sites for hydroxylation is 1. The van der Waals surface area contributed by atoms with Crippen molar-refractivity contribution in [3.63, 3.8) is 0 Å². The summed E-state index contributed by atoms with van der Waals surface area (Å²) in [7, 11) is 0. The molecule has 0 saturated carbocycles. The summed E-state index contributed by atoms with van der Waals surface area (Å²) in [5, 5.41) is 3.06. The van der Waals surface area contributed by atoms with Crippen molar-refractivity contribution in [2.75, 3.05) is 13.2 Å². The molecule has 5 nitrogen and oxygen atoms in total. The number of imidazole rings is 1. The topological polar surface area (TPSA) is 56.2 Å². The number of benzene rings is 2. The van der Waals surface area contributed by atoms with Crippen molar-refractivity contribution in [1.29, 1.82) is 0 Å². The Bertz CT molecular complexity index is 932. The molecule has 0 aliphatic carbocycles. The van der Waals surface area contributed by atoms with Crippen LogP contribution >= 0.6 is 0 Å². The predicted octanol–water partition coefficient (Wildman–Crippen LogP) is 2.97. The quantitative estimate of drug-likeness (QED) is 0.770. The van der Waals surface area contributed by atoms with Gasteiger partial charge in [-0.3, -0.25) is 4.79 Å². The van der Waals surface area contributed by atoms with Crippen molar-refractivity contribution in [3.8, 4) is 5.75 Å². The molecule has 1 amide bonds. The molecule has 0 saturated heterocycles. The second-order valence-corrected chi connectivity index (χ2v) is 6.62. The molecule has 0 spiro atoms. The third-order valence-corrected chi connectivity index (χ3v) is 4.95. The van der Waals surface area contributed by atoms with Crippen LogP contribution in [0.5, 0.6) is 5.75 Å². The van der Waals surface area contributed by atoms with Gasteiger partial charge in [0, 0.05) is 19.5 Å². The molecule has 1 aliphatic heterocycles. The summed E-state index contributed by atoms with van der Waals surface area (Å²) in [5.74, 6) is 1.83. The molecule has 0 fully saturated rings. The van der Waals surface area contributed by atoms with Crippen LogP contribution in [0.2, 0.25) is 0 Å². The lowest BCUT2D eigenvalue weighted by Gasteiger charge is -2.24. The number of nitrogens with one attached hydrogen (secondary N) is 1. The van der Waals surface area contributed by atoms with Crippen molar-refractivity contribution in [2.24, 2.45) is 5.92 Å². The number of para-hydroxylation sites is 3. The van der Waals surface area contributed by atoms with E-state index in [0.717, 1.165) is 47.6 Å². The lowest BCUT2D eigenvalue weighted by molar-refractivity contribution is -0.126. The van der Waals surface area contributed by atoms with Crippen molar-refractivity contribution < 1.29 is 9.53 Å². The number of rotatable bonds is 5. The van der Waals surface area contributed by atoms with Gasteiger partial charge in [-0.25, -0.2) is 4.98 Å². The van der Waals surface area contributed by atoms with Gasteiger partial charge in [0.1, 0.15) is 18.2 Å². The van der Waals surface area contributed by atoms with Gasteiger partial charge in [-0.2, -0.15) is 0 Å². The average molecular weight is 349 g/mol. The molecular weight excluding hydrogens is 326 g/mol. The molecule has 1 aliphatic rings. The van der Waals surface area contributed by atoms with Crippen molar-refractivity contribution in [1.82, 2.24) is 14.9 Å². The molecule has 0 bridgehead atoms. The minimum Gasteiger partial charge on any atom is -0.492 e. The summed E-state index contributed by atoms with van der Waals surface area (Å²) < 4.78 is 7.93. The molecule has 0 unspecified atom stereocenters. The van der Waals surface area contributed by atoms with Crippen LogP contribution < -0.4 is 10.1 Å². The zero-order valence-electron chi connectivity index (χ0n) is 14.9. The van der Waals surface area contributed by atoms with Crippen LogP contribution in [0.25, 0.3) is 11.0 Å². The molecule has 3 aromatic rings. The lowest BCUT2D eigenvalue weighted by Crippen LogP contribution is -2.38. The maximum Gasteiger partial charge on any atom is 0.226 e. The number of nitrogens with zero attached hydrogens (tertiary/aromatic N) is 2. The Labute approximate surface area is 153 Å². The van der Waals surface area contributed by atoms with Gasteiger partial charge in [-0.1, -0.05) is 30.3 Å². The van der Waals surface area contributed by atoms with Crippen molar-refractivity contribution in [2.45, 2.75) is 26.3 Å². The zero-order valence-corrected chi connectivity index (χ0v) is 14.9. The Kier molecular flexibility index (Phi) is 4.61. The first-order valence-corrected chi connectivity index (χ1v) is 9.19. The molecule has 0 radical (unpaired) electrons. The van der Waals surface area contributed by atoms with Gasteiger partial charge < -0.3 is 14.6 Å². The van der Waals surface area contributed by atoms with E-state index in [1.165, 1.54) is 0 Å². The monoisotopic (exact) mass is 349 g/mol. The fourth-order valence-corrected chi connectivity index (χ4v) is 3.61. The maximum absolute atomic E-state index is 12.5. The van der Waals surface area contributed by atoms with Crippen LogP contribution in [-0.2, 0) is 24.2 Å². The zero-order chi connectivity index (χ0) is 17.9. The third kappa shape index (κ3) is 3.17. The number of ether oxygens (including phenoxy) is 1. The molecule has 1 aromatic heterocycles. The van der Waals surface area contributed by atoms with E-state index in [-0.39, 0.29) is 11.8 Å². The molecule has 1 N–H and O–H groups in total. The number of amides is 1. The first-order valence-electron chi connectivity index (χ1n) is 9.19. The number of hydrogen-bond acceptors (Lipinski definition) is 3. The Hall–Kier alpha value is -2.82. The second-order valence-electron chi connectivity index (χ2n) is 6.62. The van der Waals surface area contributed by atoms with Gasteiger partial charge >= 0.3 is 0 Å². The predicted molar refractivity (Wildman–Crippen MR) is 101 cm³/mol. The summed E-state index contributed by atoms with van der Waals surface area (Å²) in [6.45, 7) is 4.01. The van der Waals surface area contributed by atoms with Gasteiger partial charge in [0.15, 0.2) is 0 Å². The summed E-state index contributed by atoms with van der Waals surface area (Å²) in [6.07, 6.45) is 1.45. The van der Waals surface area contributed by atoms with Crippen LogP contribution in [0.4, 0.5) is 0 Å². The highest BCUT2D eigenvalue weighted by atomic mass is 16.5. The van der Waals surface area contributed by atoms with E-state index >= 15 is 0 Å². The van der Waals surface area contributed by atoms with Gasteiger partial charge in [0.25, 0.3) is 0 Å². The number of hydrogen-bond donors (Lipinski definition) is 1. The molecular formula is C21H23N3O2. The molecule has 26 heavy (non-hydrogen) atoms.